The maximum atomic E-state index is 6.26. The fourth-order valence-corrected chi connectivity index (χ4v) is 2.54. The van der Waals surface area contributed by atoms with E-state index < -0.39 is 0 Å². The van der Waals surface area contributed by atoms with Gasteiger partial charge in [-0.05, 0) is 13.3 Å². The second-order valence-corrected chi connectivity index (χ2v) is 5.43. The van der Waals surface area contributed by atoms with Crippen molar-refractivity contribution in [3.63, 3.8) is 0 Å². The van der Waals surface area contributed by atoms with Crippen molar-refractivity contribution in [1.82, 2.24) is 9.55 Å². The largest absolute Gasteiger partial charge is 0.493 e. The van der Waals surface area contributed by atoms with Gasteiger partial charge in [0, 0.05) is 32.4 Å². The second kappa shape index (κ2) is 7.00. The predicted molar refractivity (Wildman–Crippen MR) is 83.6 cm³/mol. The molecule has 1 heterocycles. The SMILES string of the molecule is COCCCn1c(C(C)Cl)nc2cc(OC)c(OC)cc21. The lowest BCUT2D eigenvalue weighted by atomic mass is 10.2. The third-order valence-electron chi connectivity index (χ3n) is 3.37. The molecule has 2 rings (SSSR count). The lowest BCUT2D eigenvalue weighted by Gasteiger charge is -2.11. The van der Waals surface area contributed by atoms with Crippen LogP contribution in [0.15, 0.2) is 12.1 Å². The van der Waals surface area contributed by atoms with E-state index in [2.05, 4.69) is 9.55 Å². The number of nitrogens with zero attached hydrogens (tertiary/aromatic N) is 2. The average Bonchev–Trinajstić information content (AvgIpc) is 2.84. The summed E-state index contributed by atoms with van der Waals surface area (Å²) in [4.78, 5) is 4.63. The van der Waals surface area contributed by atoms with Gasteiger partial charge in [0.25, 0.3) is 0 Å². The van der Waals surface area contributed by atoms with Gasteiger partial charge in [-0.2, -0.15) is 0 Å². The first-order valence-corrected chi connectivity index (χ1v) is 7.31. The van der Waals surface area contributed by atoms with Gasteiger partial charge in [0.05, 0.1) is 30.6 Å². The molecule has 0 radical (unpaired) electrons. The molecule has 1 atom stereocenters. The Kier molecular flexibility index (Phi) is 5.31. The Morgan fingerprint density at radius 3 is 2.43 bits per heavy atom. The minimum absolute atomic E-state index is 0.170. The highest BCUT2D eigenvalue weighted by Gasteiger charge is 2.17. The first kappa shape index (κ1) is 15.9. The summed E-state index contributed by atoms with van der Waals surface area (Å²) in [6, 6.07) is 3.82. The molecule has 0 saturated heterocycles. The summed E-state index contributed by atoms with van der Waals surface area (Å²) < 4.78 is 17.9. The van der Waals surface area contributed by atoms with Gasteiger partial charge in [-0.15, -0.1) is 11.6 Å². The lowest BCUT2D eigenvalue weighted by Crippen LogP contribution is -2.06. The van der Waals surface area contributed by atoms with E-state index in [0.29, 0.717) is 18.1 Å². The molecule has 0 saturated carbocycles. The van der Waals surface area contributed by atoms with E-state index in [-0.39, 0.29) is 5.38 Å². The van der Waals surface area contributed by atoms with Crippen molar-refractivity contribution in [3.05, 3.63) is 18.0 Å². The molecule has 0 bridgehead atoms. The number of hydrogen-bond donors (Lipinski definition) is 0. The van der Waals surface area contributed by atoms with Crippen molar-refractivity contribution >= 4 is 22.6 Å². The molecule has 1 aromatic carbocycles. The molecule has 0 aliphatic rings. The Balaban J connectivity index is 2.53. The molecule has 2 aromatic rings. The van der Waals surface area contributed by atoms with Crippen molar-refractivity contribution in [2.45, 2.75) is 25.3 Å². The maximum absolute atomic E-state index is 6.26. The van der Waals surface area contributed by atoms with Crippen LogP contribution in [0.4, 0.5) is 0 Å². The van der Waals surface area contributed by atoms with Gasteiger partial charge in [-0.3, -0.25) is 0 Å². The monoisotopic (exact) mass is 312 g/mol. The van der Waals surface area contributed by atoms with Crippen molar-refractivity contribution in [2.75, 3.05) is 27.9 Å². The van der Waals surface area contributed by atoms with Crippen molar-refractivity contribution in [3.8, 4) is 11.5 Å². The van der Waals surface area contributed by atoms with E-state index in [1.807, 2.05) is 19.1 Å². The van der Waals surface area contributed by atoms with E-state index in [1.54, 1.807) is 21.3 Å². The number of alkyl halides is 1. The molecule has 1 unspecified atom stereocenters. The first-order chi connectivity index (χ1) is 10.1. The molecule has 0 aliphatic carbocycles. The molecule has 6 heteroatoms. The number of aryl methyl sites for hydroxylation is 1. The predicted octanol–water partition coefficient (Wildman–Crippen LogP) is 3.39. The molecule has 0 fully saturated rings. The number of hydrogen-bond acceptors (Lipinski definition) is 4. The summed E-state index contributed by atoms with van der Waals surface area (Å²) in [7, 11) is 4.94. The van der Waals surface area contributed by atoms with E-state index in [9.17, 15) is 0 Å². The third-order valence-corrected chi connectivity index (χ3v) is 3.56. The van der Waals surface area contributed by atoms with Crippen LogP contribution in [0.5, 0.6) is 11.5 Å². The molecule has 1 aromatic heterocycles. The zero-order valence-electron chi connectivity index (χ0n) is 12.9. The number of rotatable bonds is 7. The minimum atomic E-state index is -0.170. The molecular formula is C15H21ClN2O3. The Bertz CT molecular complexity index is 610. The highest BCUT2D eigenvalue weighted by Crippen LogP contribution is 2.34. The van der Waals surface area contributed by atoms with Crippen LogP contribution >= 0.6 is 11.6 Å². The van der Waals surface area contributed by atoms with Gasteiger partial charge in [0.1, 0.15) is 5.82 Å². The number of aromatic nitrogens is 2. The summed E-state index contributed by atoms with van der Waals surface area (Å²) in [5, 5.41) is -0.170. The zero-order valence-corrected chi connectivity index (χ0v) is 13.6. The van der Waals surface area contributed by atoms with Crippen LogP contribution in [0.25, 0.3) is 11.0 Å². The molecule has 0 amide bonds. The van der Waals surface area contributed by atoms with E-state index in [0.717, 1.165) is 29.8 Å². The summed E-state index contributed by atoms with van der Waals surface area (Å²) in [6.45, 7) is 3.42. The minimum Gasteiger partial charge on any atom is -0.493 e. The van der Waals surface area contributed by atoms with E-state index >= 15 is 0 Å². The Morgan fingerprint density at radius 1 is 1.19 bits per heavy atom. The number of fused-ring (bicyclic) bond motifs is 1. The normalized spacial score (nSPS) is 12.6. The van der Waals surface area contributed by atoms with Crippen LogP contribution < -0.4 is 9.47 Å². The van der Waals surface area contributed by atoms with Gasteiger partial charge in [0.15, 0.2) is 11.5 Å². The standard InChI is InChI=1S/C15H21ClN2O3/c1-10(16)15-17-11-8-13(20-3)14(21-4)9-12(11)18(15)6-5-7-19-2/h8-10H,5-7H2,1-4H3. The van der Waals surface area contributed by atoms with Crippen LogP contribution in [-0.4, -0.2) is 37.5 Å². The fourth-order valence-electron chi connectivity index (χ4n) is 2.38. The number of imidazole rings is 1. The van der Waals surface area contributed by atoms with Crippen LogP contribution in [0.2, 0.25) is 0 Å². The number of methoxy groups -OCH3 is 3. The topological polar surface area (TPSA) is 45.5 Å². The summed E-state index contributed by atoms with van der Waals surface area (Å²) >= 11 is 6.26. The third kappa shape index (κ3) is 3.24. The van der Waals surface area contributed by atoms with Crippen molar-refractivity contribution in [1.29, 1.82) is 0 Å². The highest BCUT2D eigenvalue weighted by molar-refractivity contribution is 6.20. The first-order valence-electron chi connectivity index (χ1n) is 6.87. The molecule has 0 aliphatic heterocycles. The van der Waals surface area contributed by atoms with Gasteiger partial charge < -0.3 is 18.8 Å². The summed E-state index contributed by atoms with van der Waals surface area (Å²) in [6.07, 6.45) is 0.896. The quantitative estimate of drug-likeness (QED) is 0.581. The Labute approximate surface area is 129 Å². The van der Waals surface area contributed by atoms with Gasteiger partial charge in [0.2, 0.25) is 0 Å². The van der Waals surface area contributed by atoms with Crippen LogP contribution in [0, 0.1) is 0 Å². The Morgan fingerprint density at radius 2 is 1.86 bits per heavy atom. The van der Waals surface area contributed by atoms with Gasteiger partial charge in [-0.25, -0.2) is 4.98 Å². The number of halogens is 1. The molecular weight excluding hydrogens is 292 g/mol. The van der Waals surface area contributed by atoms with Crippen molar-refractivity contribution < 1.29 is 14.2 Å². The molecule has 21 heavy (non-hydrogen) atoms. The van der Waals surface area contributed by atoms with Gasteiger partial charge >= 0.3 is 0 Å². The van der Waals surface area contributed by atoms with E-state index in [4.69, 9.17) is 25.8 Å². The zero-order chi connectivity index (χ0) is 15.4. The number of benzene rings is 1. The summed E-state index contributed by atoms with van der Waals surface area (Å²) in [5.74, 6) is 2.20. The smallest absolute Gasteiger partial charge is 0.163 e. The van der Waals surface area contributed by atoms with Crippen LogP contribution in [-0.2, 0) is 11.3 Å². The molecule has 0 spiro atoms. The molecule has 0 N–H and O–H groups in total. The fraction of sp³-hybridized carbons (Fsp3) is 0.533. The van der Waals surface area contributed by atoms with Crippen molar-refractivity contribution in [2.24, 2.45) is 0 Å². The van der Waals surface area contributed by atoms with E-state index in [1.165, 1.54) is 0 Å². The lowest BCUT2D eigenvalue weighted by molar-refractivity contribution is 0.190. The molecule has 116 valence electrons. The molecule has 5 nitrogen and oxygen atoms in total. The number of ether oxygens (including phenoxy) is 3. The second-order valence-electron chi connectivity index (χ2n) is 4.78. The van der Waals surface area contributed by atoms with Crippen LogP contribution in [0.3, 0.4) is 0 Å². The highest BCUT2D eigenvalue weighted by atomic mass is 35.5. The van der Waals surface area contributed by atoms with Gasteiger partial charge in [-0.1, -0.05) is 0 Å². The van der Waals surface area contributed by atoms with Crippen LogP contribution in [0.1, 0.15) is 24.5 Å². The summed E-state index contributed by atoms with van der Waals surface area (Å²) in [5.41, 5.74) is 1.85. The maximum Gasteiger partial charge on any atom is 0.163 e. The Hall–Kier alpha value is -1.46. The average molecular weight is 313 g/mol.